The Kier molecular flexibility index (Phi) is 3.33. The van der Waals surface area contributed by atoms with Crippen molar-refractivity contribution in [2.75, 3.05) is 0 Å². The molecule has 2 rings (SSSR count). The first-order valence-corrected chi connectivity index (χ1v) is 6.17. The van der Waals surface area contributed by atoms with E-state index in [1.807, 2.05) is 6.92 Å². The molecular weight excluding hydrogens is 267 g/mol. The molecule has 2 aromatic rings. The van der Waals surface area contributed by atoms with E-state index in [2.05, 4.69) is 10.2 Å². The molecular formula is C10H8Cl2N2OS. The van der Waals surface area contributed by atoms with Crippen molar-refractivity contribution in [2.24, 2.45) is 0 Å². The minimum Gasteiger partial charge on any atom is -0.508 e. The molecule has 0 radical (unpaired) electrons. The van der Waals surface area contributed by atoms with Crippen molar-refractivity contribution in [3.05, 3.63) is 28.2 Å². The first-order chi connectivity index (χ1) is 7.58. The molecule has 0 saturated carbocycles. The number of nitrogens with zero attached hydrogens (tertiary/aromatic N) is 2. The van der Waals surface area contributed by atoms with E-state index in [0.717, 1.165) is 5.01 Å². The molecule has 0 aliphatic heterocycles. The number of hydrogen-bond donors (Lipinski definition) is 1. The smallest absolute Gasteiger partial charge is 0.149 e. The number of aromatic nitrogens is 2. The summed E-state index contributed by atoms with van der Waals surface area (Å²) < 4.78 is 0. The number of hydrogen-bond acceptors (Lipinski definition) is 4. The number of aromatic hydroxyl groups is 1. The predicted molar refractivity (Wildman–Crippen MR) is 66.3 cm³/mol. The molecule has 1 N–H and O–H groups in total. The van der Waals surface area contributed by atoms with Crippen molar-refractivity contribution < 1.29 is 5.11 Å². The summed E-state index contributed by atoms with van der Waals surface area (Å²) in [5, 5.41) is 19.1. The van der Waals surface area contributed by atoms with Gasteiger partial charge in [0.15, 0.2) is 0 Å². The maximum atomic E-state index is 9.39. The fraction of sp³-hybridized carbons (Fsp3) is 0.200. The molecule has 1 aromatic carbocycles. The summed E-state index contributed by atoms with van der Waals surface area (Å²) in [5.41, 5.74) is 0.669. The van der Waals surface area contributed by atoms with Gasteiger partial charge in [-0.2, -0.15) is 0 Å². The molecule has 84 valence electrons. The first-order valence-electron chi connectivity index (χ1n) is 4.54. The largest absolute Gasteiger partial charge is 0.508 e. The van der Waals surface area contributed by atoms with Gasteiger partial charge in [0.1, 0.15) is 15.8 Å². The molecule has 1 atom stereocenters. The van der Waals surface area contributed by atoms with Gasteiger partial charge in [0.05, 0.1) is 10.4 Å². The lowest BCUT2D eigenvalue weighted by Crippen LogP contribution is -1.81. The van der Waals surface area contributed by atoms with Crippen LogP contribution in [0.1, 0.15) is 17.3 Å². The van der Waals surface area contributed by atoms with Crippen LogP contribution in [-0.2, 0) is 0 Å². The lowest BCUT2D eigenvalue weighted by Gasteiger charge is -1.99. The Morgan fingerprint density at radius 1 is 1.38 bits per heavy atom. The lowest BCUT2D eigenvalue weighted by atomic mass is 10.2. The van der Waals surface area contributed by atoms with Crippen LogP contribution in [0.5, 0.6) is 5.75 Å². The van der Waals surface area contributed by atoms with Gasteiger partial charge >= 0.3 is 0 Å². The third-order valence-electron chi connectivity index (χ3n) is 1.96. The van der Waals surface area contributed by atoms with E-state index in [0.29, 0.717) is 15.6 Å². The van der Waals surface area contributed by atoms with Gasteiger partial charge in [-0.3, -0.25) is 0 Å². The van der Waals surface area contributed by atoms with E-state index < -0.39 is 0 Å². The zero-order chi connectivity index (χ0) is 11.7. The monoisotopic (exact) mass is 274 g/mol. The van der Waals surface area contributed by atoms with Gasteiger partial charge in [0.25, 0.3) is 0 Å². The molecule has 1 aromatic heterocycles. The van der Waals surface area contributed by atoms with Crippen molar-refractivity contribution >= 4 is 34.5 Å². The zero-order valence-electron chi connectivity index (χ0n) is 8.32. The van der Waals surface area contributed by atoms with Crippen LogP contribution in [0.4, 0.5) is 0 Å². The second-order valence-corrected chi connectivity index (χ2v) is 5.30. The highest BCUT2D eigenvalue weighted by Gasteiger charge is 2.13. The molecule has 1 unspecified atom stereocenters. The van der Waals surface area contributed by atoms with Gasteiger partial charge in [-0.15, -0.1) is 21.8 Å². The molecule has 0 amide bonds. The van der Waals surface area contributed by atoms with Gasteiger partial charge < -0.3 is 5.11 Å². The van der Waals surface area contributed by atoms with Crippen LogP contribution in [0.3, 0.4) is 0 Å². The Morgan fingerprint density at radius 2 is 2.12 bits per heavy atom. The molecule has 6 heteroatoms. The molecule has 0 saturated heterocycles. The molecule has 0 bridgehead atoms. The van der Waals surface area contributed by atoms with E-state index in [1.165, 1.54) is 17.4 Å². The average Bonchev–Trinajstić information content (AvgIpc) is 2.70. The Bertz CT molecular complexity index is 513. The third kappa shape index (κ3) is 2.29. The topological polar surface area (TPSA) is 46.0 Å². The molecule has 0 aliphatic rings. The number of halogens is 2. The highest BCUT2D eigenvalue weighted by Crippen LogP contribution is 2.35. The van der Waals surface area contributed by atoms with Gasteiger partial charge in [0.2, 0.25) is 0 Å². The van der Waals surface area contributed by atoms with Crippen molar-refractivity contribution in [1.29, 1.82) is 0 Å². The summed E-state index contributed by atoms with van der Waals surface area (Å²) in [6.07, 6.45) is 0. The summed E-state index contributed by atoms with van der Waals surface area (Å²) in [5.74, 6) is 0.148. The third-order valence-corrected chi connectivity index (χ3v) is 3.77. The van der Waals surface area contributed by atoms with E-state index in [9.17, 15) is 5.11 Å². The normalized spacial score (nSPS) is 12.7. The minimum absolute atomic E-state index is 0.148. The lowest BCUT2D eigenvalue weighted by molar-refractivity contribution is 0.475. The van der Waals surface area contributed by atoms with Crippen molar-refractivity contribution in [2.45, 2.75) is 12.3 Å². The SMILES string of the molecule is CC(Cl)c1nnc(-c2cc(O)ccc2Cl)s1. The van der Waals surface area contributed by atoms with Crippen LogP contribution in [0.15, 0.2) is 18.2 Å². The van der Waals surface area contributed by atoms with Gasteiger partial charge in [-0.1, -0.05) is 22.9 Å². The summed E-state index contributed by atoms with van der Waals surface area (Å²) in [4.78, 5) is 0. The number of rotatable bonds is 2. The fourth-order valence-corrected chi connectivity index (χ4v) is 2.42. The summed E-state index contributed by atoms with van der Waals surface area (Å²) in [6, 6.07) is 4.71. The van der Waals surface area contributed by atoms with Crippen LogP contribution in [0.2, 0.25) is 5.02 Å². The van der Waals surface area contributed by atoms with E-state index >= 15 is 0 Å². The summed E-state index contributed by atoms with van der Waals surface area (Å²) in [7, 11) is 0. The average molecular weight is 275 g/mol. The predicted octanol–water partition coefficient (Wildman–Crippen LogP) is 3.86. The molecule has 3 nitrogen and oxygen atoms in total. The first kappa shape index (κ1) is 11.6. The van der Waals surface area contributed by atoms with Crippen LogP contribution < -0.4 is 0 Å². The van der Waals surface area contributed by atoms with E-state index in [4.69, 9.17) is 23.2 Å². The van der Waals surface area contributed by atoms with Crippen LogP contribution in [0, 0.1) is 0 Å². The number of alkyl halides is 1. The van der Waals surface area contributed by atoms with Gasteiger partial charge in [0, 0.05) is 5.56 Å². The second-order valence-electron chi connectivity index (χ2n) is 3.23. The van der Waals surface area contributed by atoms with Crippen molar-refractivity contribution in [3.63, 3.8) is 0 Å². The highest BCUT2D eigenvalue weighted by molar-refractivity contribution is 7.15. The van der Waals surface area contributed by atoms with Crippen molar-refractivity contribution in [3.8, 4) is 16.3 Å². The Balaban J connectivity index is 2.46. The molecule has 1 heterocycles. The highest BCUT2D eigenvalue weighted by atomic mass is 35.5. The van der Waals surface area contributed by atoms with E-state index in [-0.39, 0.29) is 11.1 Å². The van der Waals surface area contributed by atoms with Gasteiger partial charge in [-0.25, -0.2) is 0 Å². The second kappa shape index (κ2) is 4.57. The van der Waals surface area contributed by atoms with Crippen molar-refractivity contribution in [1.82, 2.24) is 10.2 Å². The molecule has 0 fully saturated rings. The van der Waals surface area contributed by atoms with Crippen LogP contribution in [0.25, 0.3) is 10.6 Å². The number of benzene rings is 1. The van der Waals surface area contributed by atoms with E-state index in [1.54, 1.807) is 12.1 Å². The zero-order valence-corrected chi connectivity index (χ0v) is 10.6. The molecule has 0 aliphatic carbocycles. The Labute approximate surface area is 107 Å². The van der Waals surface area contributed by atoms with Crippen LogP contribution >= 0.6 is 34.5 Å². The quantitative estimate of drug-likeness (QED) is 0.846. The summed E-state index contributed by atoms with van der Waals surface area (Å²) in [6.45, 7) is 1.83. The molecule has 0 spiro atoms. The number of phenolic OH excluding ortho intramolecular Hbond substituents is 1. The maximum Gasteiger partial charge on any atom is 0.149 e. The Morgan fingerprint density at radius 3 is 2.75 bits per heavy atom. The Hall–Kier alpha value is -0.840. The fourth-order valence-electron chi connectivity index (χ4n) is 1.18. The molecule has 16 heavy (non-hydrogen) atoms. The van der Waals surface area contributed by atoms with Gasteiger partial charge in [-0.05, 0) is 25.1 Å². The minimum atomic E-state index is -0.178. The van der Waals surface area contributed by atoms with Crippen LogP contribution in [-0.4, -0.2) is 15.3 Å². The standard InChI is InChI=1S/C10H8Cl2N2OS/c1-5(11)9-13-14-10(16-9)7-4-6(15)2-3-8(7)12/h2-5,15H,1H3. The maximum absolute atomic E-state index is 9.39. The summed E-state index contributed by atoms with van der Waals surface area (Å²) >= 11 is 13.3. The number of phenols is 1.